The van der Waals surface area contributed by atoms with Crippen molar-refractivity contribution < 1.29 is 4.79 Å². The van der Waals surface area contributed by atoms with E-state index in [1.54, 1.807) is 12.4 Å². The van der Waals surface area contributed by atoms with E-state index in [4.69, 9.17) is 10.7 Å². The number of anilines is 2. The fourth-order valence-electron chi connectivity index (χ4n) is 5.98. The molecule has 8 heteroatoms. The topological polar surface area (TPSA) is 102 Å². The number of hydrogen-bond acceptors (Lipinski definition) is 6. The Kier molecular flexibility index (Phi) is 3.58. The summed E-state index contributed by atoms with van der Waals surface area (Å²) in [6, 6.07) is 6.92. The van der Waals surface area contributed by atoms with Crippen LogP contribution in [-0.2, 0) is 6.42 Å². The van der Waals surface area contributed by atoms with Crippen LogP contribution >= 0.6 is 0 Å². The maximum atomic E-state index is 12.9. The second kappa shape index (κ2) is 6.31. The van der Waals surface area contributed by atoms with Gasteiger partial charge in [0.2, 0.25) is 0 Å². The van der Waals surface area contributed by atoms with Gasteiger partial charge in [-0.1, -0.05) is 6.07 Å². The van der Waals surface area contributed by atoms with E-state index in [-0.39, 0.29) is 18.0 Å². The van der Waals surface area contributed by atoms with Crippen LogP contribution in [0.15, 0.2) is 43.0 Å². The van der Waals surface area contributed by atoms with Gasteiger partial charge in [-0.25, -0.2) is 9.97 Å². The van der Waals surface area contributed by atoms with Crippen LogP contribution in [-0.4, -0.2) is 38.2 Å². The van der Waals surface area contributed by atoms with Crippen molar-refractivity contribution >= 4 is 17.5 Å². The van der Waals surface area contributed by atoms with Crippen LogP contribution < -0.4 is 16.0 Å². The molecule has 3 aliphatic carbocycles. The number of aromatic nitrogens is 4. The van der Waals surface area contributed by atoms with Gasteiger partial charge in [0, 0.05) is 31.2 Å². The van der Waals surface area contributed by atoms with Crippen LogP contribution in [0.3, 0.4) is 0 Å². The van der Waals surface area contributed by atoms with Gasteiger partial charge in [0.15, 0.2) is 0 Å². The molecule has 5 aliphatic rings. The lowest BCUT2D eigenvalue weighted by atomic mass is 10.1. The molecule has 3 aromatic heterocycles. The maximum absolute atomic E-state index is 12.9. The molecule has 0 spiro atoms. The monoisotopic (exact) mass is 427 g/mol. The van der Waals surface area contributed by atoms with Crippen molar-refractivity contribution in [3.8, 4) is 0 Å². The van der Waals surface area contributed by atoms with E-state index >= 15 is 0 Å². The largest absolute Gasteiger partial charge is 0.383 e. The molecule has 1 amide bonds. The van der Waals surface area contributed by atoms with E-state index in [0.717, 1.165) is 59.1 Å². The normalized spacial score (nSPS) is 29.4. The van der Waals surface area contributed by atoms with Gasteiger partial charge in [-0.2, -0.15) is 5.10 Å². The highest BCUT2D eigenvalue weighted by atomic mass is 16.1. The minimum Gasteiger partial charge on any atom is -0.383 e. The minimum atomic E-state index is -0.124. The van der Waals surface area contributed by atoms with E-state index < -0.39 is 0 Å². The molecular formula is C24H25N7O. The number of nitrogens with two attached hydrogens (primary N) is 1. The third-order valence-corrected chi connectivity index (χ3v) is 8.00. The van der Waals surface area contributed by atoms with Crippen LogP contribution in [0.5, 0.6) is 0 Å². The number of rotatable bonds is 5. The van der Waals surface area contributed by atoms with E-state index in [0.29, 0.717) is 11.4 Å². The van der Waals surface area contributed by atoms with E-state index in [9.17, 15) is 4.79 Å². The summed E-state index contributed by atoms with van der Waals surface area (Å²) in [6.07, 6.45) is 8.75. The molecule has 162 valence electrons. The number of carbonyl (C=O) groups is 1. The number of amides is 1. The number of fused-ring (bicyclic) bond motifs is 2. The maximum Gasteiger partial charge on any atom is 0.254 e. The molecule has 3 unspecified atom stereocenters. The van der Waals surface area contributed by atoms with Crippen molar-refractivity contribution in [1.29, 1.82) is 0 Å². The van der Waals surface area contributed by atoms with Gasteiger partial charge in [-0.05, 0) is 66.3 Å². The Morgan fingerprint density at radius 2 is 2.09 bits per heavy atom. The first-order chi connectivity index (χ1) is 15.6. The van der Waals surface area contributed by atoms with E-state index in [2.05, 4.69) is 39.4 Å². The number of nitrogen functional groups attached to an aromatic ring is 1. The van der Waals surface area contributed by atoms with Crippen molar-refractivity contribution in [2.24, 2.45) is 17.8 Å². The van der Waals surface area contributed by atoms with Crippen molar-refractivity contribution in [3.05, 3.63) is 65.2 Å². The summed E-state index contributed by atoms with van der Waals surface area (Å²) in [5.74, 6) is 4.41. The summed E-state index contributed by atoms with van der Waals surface area (Å²) < 4.78 is 1.83. The molecule has 0 aromatic carbocycles. The quantitative estimate of drug-likeness (QED) is 0.648. The number of piperidine rings is 1. The van der Waals surface area contributed by atoms with E-state index in [1.165, 1.54) is 6.54 Å². The number of nitrogens with zero attached hydrogens (tertiary/aromatic N) is 5. The average molecular weight is 428 g/mol. The summed E-state index contributed by atoms with van der Waals surface area (Å²) >= 11 is 0. The molecule has 4 fully saturated rings. The first-order valence-corrected chi connectivity index (χ1v) is 11.4. The van der Waals surface area contributed by atoms with Crippen LogP contribution in [0.25, 0.3) is 0 Å². The zero-order valence-corrected chi connectivity index (χ0v) is 17.8. The standard InChI is InChI=1S/C24H25N7O/c1-12(13-2-5-19(27-8-13)30-11-17-20-21(17)22(20)30)31-10-14(9-28-31)24(32)29-18-4-3-16-15(18)6-7-26-23(16)25/h2,5-10,12,17-18,20-22H,3-4,11H2,1H3,(H2,25,26)(H,29,32)/t12?,17?,18-,20?,21?,22?/m1/s1. The molecule has 2 saturated heterocycles. The smallest absolute Gasteiger partial charge is 0.254 e. The number of hydrogen-bond donors (Lipinski definition) is 2. The molecule has 2 saturated carbocycles. The molecule has 32 heavy (non-hydrogen) atoms. The Balaban J connectivity index is 1.04. The number of pyridine rings is 2. The molecule has 8 nitrogen and oxygen atoms in total. The molecule has 8 rings (SSSR count). The fraction of sp³-hybridized carbons (Fsp3) is 0.417. The zero-order valence-electron chi connectivity index (χ0n) is 17.8. The third kappa shape index (κ3) is 2.55. The Morgan fingerprint density at radius 1 is 1.22 bits per heavy atom. The summed E-state index contributed by atoms with van der Waals surface area (Å²) in [4.78, 5) is 24.2. The second-order valence-electron chi connectivity index (χ2n) is 9.62. The highest BCUT2D eigenvalue weighted by molar-refractivity contribution is 5.94. The van der Waals surface area contributed by atoms with Crippen LogP contribution in [0.2, 0.25) is 0 Å². The van der Waals surface area contributed by atoms with Crippen molar-refractivity contribution in [2.75, 3.05) is 17.2 Å². The number of nitrogens with one attached hydrogen (secondary N) is 1. The van der Waals surface area contributed by atoms with Crippen LogP contribution in [0, 0.1) is 17.8 Å². The summed E-state index contributed by atoms with van der Waals surface area (Å²) in [7, 11) is 0. The van der Waals surface area contributed by atoms with Gasteiger partial charge in [0.1, 0.15) is 11.6 Å². The summed E-state index contributed by atoms with van der Waals surface area (Å²) in [5.41, 5.74) is 9.72. The third-order valence-electron chi connectivity index (χ3n) is 8.00. The van der Waals surface area contributed by atoms with Gasteiger partial charge in [0.05, 0.1) is 23.8 Å². The zero-order chi connectivity index (χ0) is 21.6. The number of carbonyl (C=O) groups excluding carboxylic acids is 1. The SMILES string of the molecule is CC(c1ccc(N2CC3C4C3C42)nc1)n1cc(C(=O)N[C@@H]2CCc3c2ccnc3N)cn1. The lowest BCUT2D eigenvalue weighted by Crippen LogP contribution is -2.27. The lowest BCUT2D eigenvalue weighted by Gasteiger charge is -2.18. The molecule has 2 bridgehead atoms. The molecule has 4 atom stereocenters. The average Bonchev–Trinajstić information content (AvgIpc) is 3.35. The molecule has 5 heterocycles. The Labute approximate surface area is 185 Å². The molecular weight excluding hydrogens is 402 g/mol. The fourth-order valence-corrected chi connectivity index (χ4v) is 5.98. The summed E-state index contributed by atoms with van der Waals surface area (Å²) in [6.45, 7) is 3.25. The summed E-state index contributed by atoms with van der Waals surface area (Å²) in [5, 5.41) is 7.58. The minimum absolute atomic E-state index is 0.00550. The van der Waals surface area contributed by atoms with Gasteiger partial charge in [-0.3, -0.25) is 9.48 Å². The highest BCUT2D eigenvalue weighted by Gasteiger charge is 2.80. The first kappa shape index (κ1) is 18.2. The van der Waals surface area contributed by atoms with Gasteiger partial charge >= 0.3 is 0 Å². The Morgan fingerprint density at radius 3 is 2.84 bits per heavy atom. The first-order valence-electron chi connectivity index (χ1n) is 11.4. The van der Waals surface area contributed by atoms with Gasteiger partial charge in [0.25, 0.3) is 5.91 Å². The van der Waals surface area contributed by atoms with Gasteiger partial charge in [-0.15, -0.1) is 0 Å². The second-order valence-corrected chi connectivity index (χ2v) is 9.62. The predicted molar refractivity (Wildman–Crippen MR) is 119 cm³/mol. The highest BCUT2D eigenvalue weighted by Crippen LogP contribution is 2.75. The van der Waals surface area contributed by atoms with Crippen LogP contribution in [0.4, 0.5) is 11.6 Å². The van der Waals surface area contributed by atoms with Crippen molar-refractivity contribution in [1.82, 2.24) is 25.1 Å². The Bertz CT molecular complexity index is 1220. The van der Waals surface area contributed by atoms with Gasteiger partial charge < -0.3 is 16.0 Å². The Hall–Kier alpha value is -3.42. The van der Waals surface area contributed by atoms with E-state index in [1.807, 2.05) is 23.1 Å². The predicted octanol–water partition coefficient (Wildman–Crippen LogP) is 2.35. The molecule has 0 radical (unpaired) electrons. The van der Waals surface area contributed by atoms with Crippen molar-refractivity contribution in [3.63, 3.8) is 0 Å². The van der Waals surface area contributed by atoms with Crippen LogP contribution in [0.1, 0.15) is 52.5 Å². The molecule has 3 aromatic rings. The van der Waals surface area contributed by atoms with Crippen molar-refractivity contribution in [2.45, 2.75) is 37.9 Å². The molecule has 2 aliphatic heterocycles. The molecule has 3 N–H and O–H groups in total. The lowest BCUT2D eigenvalue weighted by molar-refractivity contribution is 0.0936.